The summed E-state index contributed by atoms with van der Waals surface area (Å²) in [5.41, 5.74) is 3.16. The molecule has 2 atom stereocenters. The second kappa shape index (κ2) is 15.3. The molecule has 1 aromatic heterocycles. The Labute approximate surface area is 294 Å². The van der Waals surface area contributed by atoms with Crippen LogP contribution in [0.1, 0.15) is 49.8 Å². The number of hydrogen-bond acceptors (Lipinski definition) is 9. The van der Waals surface area contributed by atoms with Gasteiger partial charge in [-0.1, -0.05) is 48.4 Å². The van der Waals surface area contributed by atoms with Crippen molar-refractivity contribution in [3.05, 3.63) is 64.8 Å². The van der Waals surface area contributed by atoms with Gasteiger partial charge in [0.1, 0.15) is 12.4 Å². The van der Waals surface area contributed by atoms with Gasteiger partial charge < -0.3 is 24.3 Å². The van der Waals surface area contributed by atoms with Crippen molar-refractivity contribution < 1.29 is 9.53 Å². The number of likely N-dealkylation sites (tertiary alicyclic amines) is 2. The van der Waals surface area contributed by atoms with E-state index >= 15 is 0 Å². The first-order valence-electron chi connectivity index (χ1n) is 17.9. The van der Waals surface area contributed by atoms with Crippen LogP contribution in [0.25, 0.3) is 10.8 Å². The highest BCUT2D eigenvalue weighted by atomic mass is 35.5. The van der Waals surface area contributed by atoms with E-state index in [0.717, 1.165) is 84.1 Å². The molecular weight excluding hydrogens is 636 g/mol. The minimum atomic E-state index is -0.231. The molecule has 3 saturated heterocycles. The Morgan fingerprint density at radius 1 is 1.00 bits per heavy atom. The molecule has 0 unspecified atom stereocenters. The Hall–Kier alpha value is -3.91. The fraction of sp³-hybridized carbons (Fsp3) is 0.526. The summed E-state index contributed by atoms with van der Waals surface area (Å²) in [5, 5.41) is 12.7. The molecule has 0 aliphatic carbocycles. The summed E-state index contributed by atoms with van der Waals surface area (Å²) < 4.78 is 6.36. The average molecular weight is 683 g/mol. The fourth-order valence-corrected chi connectivity index (χ4v) is 8.26. The Bertz CT molecular complexity index is 1710. The number of piperidine rings is 1. The van der Waals surface area contributed by atoms with E-state index in [-0.39, 0.29) is 18.4 Å². The molecule has 0 bridgehead atoms. The number of carbonyl (C=O) groups excluding carboxylic acids is 1. The summed E-state index contributed by atoms with van der Waals surface area (Å²) in [4.78, 5) is 34.7. The number of likely N-dealkylation sites (N-methyl/N-ethyl adjacent to an activating group) is 1. The highest BCUT2D eigenvalue weighted by Crippen LogP contribution is 2.37. The van der Waals surface area contributed by atoms with Gasteiger partial charge in [-0.15, -0.1) is 0 Å². The molecule has 49 heavy (non-hydrogen) atoms. The minimum Gasteiger partial charge on any atom is -0.462 e. The number of aromatic nitrogens is 2. The molecule has 258 valence electrons. The molecule has 4 aliphatic rings. The summed E-state index contributed by atoms with van der Waals surface area (Å²) in [6, 6.07) is 15.2. The lowest BCUT2D eigenvalue weighted by Gasteiger charge is -2.42. The Balaban J connectivity index is 1.14. The Kier molecular flexibility index (Phi) is 10.5. The lowest BCUT2D eigenvalue weighted by atomic mass is 10.0. The van der Waals surface area contributed by atoms with Gasteiger partial charge in [0.2, 0.25) is 5.91 Å². The third-order valence-corrected chi connectivity index (χ3v) is 11.1. The summed E-state index contributed by atoms with van der Waals surface area (Å²) in [6.45, 7) is 7.69. The van der Waals surface area contributed by atoms with Crippen LogP contribution in [0.4, 0.5) is 11.5 Å². The molecule has 0 saturated carbocycles. The van der Waals surface area contributed by atoms with Gasteiger partial charge in [-0.05, 0) is 76.3 Å². The first-order valence-corrected chi connectivity index (χ1v) is 18.3. The van der Waals surface area contributed by atoms with Gasteiger partial charge in [0.05, 0.1) is 35.8 Å². The lowest BCUT2D eigenvalue weighted by Crippen LogP contribution is -2.55. The van der Waals surface area contributed by atoms with E-state index in [0.29, 0.717) is 44.8 Å². The predicted molar refractivity (Wildman–Crippen MR) is 194 cm³/mol. The number of benzene rings is 2. The molecule has 2 aromatic carbocycles. The Morgan fingerprint density at radius 2 is 1.84 bits per heavy atom. The van der Waals surface area contributed by atoms with E-state index < -0.39 is 0 Å². The molecule has 11 heteroatoms. The van der Waals surface area contributed by atoms with E-state index in [1.54, 1.807) is 6.08 Å². The van der Waals surface area contributed by atoms with Crippen LogP contribution in [-0.2, 0) is 17.8 Å². The van der Waals surface area contributed by atoms with E-state index in [1.807, 2.05) is 23.1 Å². The van der Waals surface area contributed by atoms with Gasteiger partial charge in [0.25, 0.3) is 0 Å². The van der Waals surface area contributed by atoms with Crippen LogP contribution in [0.3, 0.4) is 0 Å². The monoisotopic (exact) mass is 682 g/mol. The number of anilines is 2. The summed E-state index contributed by atoms with van der Waals surface area (Å²) in [5.74, 6) is 0.849. The highest BCUT2D eigenvalue weighted by molar-refractivity contribution is 6.36. The molecule has 3 aromatic rings. The van der Waals surface area contributed by atoms with Gasteiger partial charge in [-0.2, -0.15) is 15.2 Å². The standard InChI is InChI=1S/C38H47ClN8O2/c1-43-18-7-11-30(43)27-49-38-41-33-26-45(34-13-6-10-28-9-5-12-32(39)36(28)34)22-16-31(33)37(42-38)46-23-24-47(29(25-46)15-17-40)35(48)14-8-21-44-19-3-2-4-20-44/h5-6,8-10,12-14,29-30H,2-4,7,11,15-16,18-27H2,1H3/b14-8+/t29-,30-/m0/s1. The number of halogens is 1. The summed E-state index contributed by atoms with van der Waals surface area (Å²) in [7, 11) is 2.15. The molecule has 0 spiro atoms. The third-order valence-electron chi connectivity index (χ3n) is 10.7. The van der Waals surface area contributed by atoms with Crippen molar-refractivity contribution in [2.75, 3.05) is 75.8 Å². The van der Waals surface area contributed by atoms with E-state index in [4.69, 9.17) is 26.3 Å². The van der Waals surface area contributed by atoms with Crippen molar-refractivity contribution in [1.29, 1.82) is 5.26 Å². The van der Waals surface area contributed by atoms with Crippen molar-refractivity contribution in [3.63, 3.8) is 0 Å². The SMILES string of the molecule is CN1CCC[C@H]1COc1nc2c(c(N3CCN(C(=O)/C=C/CN4CCCCC4)[C@@H](CC#N)C3)n1)CCN(c1cccc3cccc(Cl)c13)C2. The quantitative estimate of drug-likeness (QED) is 0.279. The first-order chi connectivity index (χ1) is 24.0. The first kappa shape index (κ1) is 33.6. The van der Waals surface area contributed by atoms with Crippen LogP contribution in [0.15, 0.2) is 48.6 Å². The fourth-order valence-electron chi connectivity index (χ4n) is 7.98. The number of piperazine rings is 1. The topological polar surface area (TPSA) is 92.1 Å². The summed E-state index contributed by atoms with van der Waals surface area (Å²) in [6.07, 6.45) is 10.7. The normalized spacial score (nSPS) is 22.1. The van der Waals surface area contributed by atoms with Crippen molar-refractivity contribution in [2.24, 2.45) is 0 Å². The average Bonchev–Trinajstić information content (AvgIpc) is 3.54. The van der Waals surface area contributed by atoms with E-state index in [2.05, 4.69) is 57.0 Å². The highest BCUT2D eigenvalue weighted by Gasteiger charge is 2.34. The van der Waals surface area contributed by atoms with Crippen molar-refractivity contribution >= 4 is 39.8 Å². The number of carbonyl (C=O) groups is 1. The second-order valence-corrected chi connectivity index (χ2v) is 14.3. The molecule has 5 heterocycles. The van der Waals surface area contributed by atoms with Crippen LogP contribution in [0, 0.1) is 11.3 Å². The zero-order valence-corrected chi connectivity index (χ0v) is 29.3. The van der Waals surface area contributed by atoms with Gasteiger partial charge in [-0.3, -0.25) is 9.69 Å². The van der Waals surface area contributed by atoms with Crippen molar-refractivity contribution in [2.45, 2.75) is 63.6 Å². The van der Waals surface area contributed by atoms with Gasteiger partial charge in [0, 0.05) is 61.5 Å². The van der Waals surface area contributed by atoms with Crippen LogP contribution in [-0.4, -0.2) is 109 Å². The second-order valence-electron chi connectivity index (χ2n) is 13.9. The zero-order valence-electron chi connectivity index (χ0n) is 28.6. The van der Waals surface area contributed by atoms with Gasteiger partial charge >= 0.3 is 6.01 Å². The molecule has 0 radical (unpaired) electrons. The number of hydrogen-bond donors (Lipinski definition) is 0. The lowest BCUT2D eigenvalue weighted by molar-refractivity contribution is -0.128. The number of nitrogens with zero attached hydrogens (tertiary/aromatic N) is 8. The molecule has 0 N–H and O–H groups in total. The maximum absolute atomic E-state index is 13.4. The maximum Gasteiger partial charge on any atom is 0.318 e. The summed E-state index contributed by atoms with van der Waals surface area (Å²) >= 11 is 6.75. The molecule has 7 rings (SSSR count). The molecule has 3 fully saturated rings. The third kappa shape index (κ3) is 7.49. The van der Waals surface area contributed by atoms with Crippen LogP contribution >= 0.6 is 11.6 Å². The van der Waals surface area contributed by atoms with Crippen molar-refractivity contribution in [1.82, 2.24) is 24.7 Å². The van der Waals surface area contributed by atoms with Crippen molar-refractivity contribution in [3.8, 4) is 12.1 Å². The molecule has 1 amide bonds. The van der Waals surface area contributed by atoms with Gasteiger partial charge in [0.15, 0.2) is 0 Å². The van der Waals surface area contributed by atoms with Crippen LogP contribution in [0.2, 0.25) is 5.02 Å². The van der Waals surface area contributed by atoms with Crippen LogP contribution in [0.5, 0.6) is 6.01 Å². The zero-order chi connectivity index (χ0) is 33.7. The molecule has 4 aliphatic heterocycles. The number of ether oxygens (including phenoxy) is 1. The van der Waals surface area contributed by atoms with Crippen LogP contribution < -0.4 is 14.5 Å². The molecule has 10 nitrogen and oxygen atoms in total. The predicted octanol–water partition coefficient (Wildman–Crippen LogP) is 5.29. The van der Waals surface area contributed by atoms with E-state index in [9.17, 15) is 10.1 Å². The largest absolute Gasteiger partial charge is 0.462 e. The molecular formula is C38H47ClN8O2. The van der Waals surface area contributed by atoms with Gasteiger partial charge in [-0.25, -0.2) is 0 Å². The van der Waals surface area contributed by atoms with E-state index in [1.165, 1.54) is 25.7 Å². The number of rotatable bonds is 9. The Morgan fingerprint density at radius 3 is 2.63 bits per heavy atom. The number of nitriles is 1. The number of amides is 1. The minimum absolute atomic E-state index is 0.0179. The smallest absolute Gasteiger partial charge is 0.318 e. The maximum atomic E-state index is 13.4. The number of fused-ring (bicyclic) bond motifs is 2.